The van der Waals surface area contributed by atoms with E-state index in [0.29, 0.717) is 23.1 Å². The maximum Gasteiger partial charge on any atom is 0.119 e. The zero-order valence-corrected chi connectivity index (χ0v) is 14.3. The molecule has 0 radical (unpaired) electrons. The van der Waals surface area contributed by atoms with Crippen molar-refractivity contribution in [3.63, 3.8) is 0 Å². The van der Waals surface area contributed by atoms with Crippen molar-refractivity contribution in [1.29, 1.82) is 5.26 Å². The van der Waals surface area contributed by atoms with Crippen LogP contribution in [0.15, 0.2) is 42.5 Å². The Balaban J connectivity index is 1.85. The van der Waals surface area contributed by atoms with Gasteiger partial charge in [-0.1, -0.05) is 29.3 Å². The van der Waals surface area contributed by atoms with Gasteiger partial charge in [0, 0.05) is 10.0 Å². The SMILES string of the molecule is COc1ccc(OCCC[C@H](C#N)c2ccc(Cl)cc2Cl)cc1. The first-order chi connectivity index (χ1) is 11.1. The normalized spacial score (nSPS) is 11.6. The number of nitriles is 1. The molecule has 0 amide bonds. The van der Waals surface area contributed by atoms with Crippen LogP contribution in [-0.4, -0.2) is 13.7 Å². The highest BCUT2D eigenvalue weighted by Gasteiger charge is 2.14. The number of rotatable bonds is 7. The van der Waals surface area contributed by atoms with Gasteiger partial charge in [-0.3, -0.25) is 0 Å². The number of hydrogen-bond donors (Lipinski definition) is 0. The Hall–Kier alpha value is -1.89. The summed E-state index contributed by atoms with van der Waals surface area (Å²) in [7, 11) is 1.62. The van der Waals surface area contributed by atoms with Gasteiger partial charge in [0.25, 0.3) is 0 Å². The van der Waals surface area contributed by atoms with E-state index in [2.05, 4.69) is 6.07 Å². The van der Waals surface area contributed by atoms with Crippen LogP contribution in [0.2, 0.25) is 10.0 Å². The van der Waals surface area contributed by atoms with Gasteiger partial charge in [0.15, 0.2) is 0 Å². The van der Waals surface area contributed by atoms with Crippen molar-refractivity contribution >= 4 is 23.2 Å². The zero-order valence-electron chi connectivity index (χ0n) is 12.8. The van der Waals surface area contributed by atoms with Crippen LogP contribution in [-0.2, 0) is 0 Å². The van der Waals surface area contributed by atoms with E-state index >= 15 is 0 Å². The molecular weight excluding hydrogens is 333 g/mol. The van der Waals surface area contributed by atoms with Crippen LogP contribution >= 0.6 is 23.2 Å². The molecule has 0 aliphatic heterocycles. The first-order valence-electron chi connectivity index (χ1n) is 7.25. The molecule has 3 nitrogen and oxygen atoms in total. The highest BCUT2D eigenvalue weighted by molar-refractivity contribution is 6.35. The summed E-state index contributed by atoms with van der Waals surface area (Å²) < 4.78 is 10.8. The molecule has 0 aliphatic carbocycles. The smallest absolute Gasteiger partial charge is 0.119 e. The lowest BCUT2D eigenvalue weighted by atomic mass is 9.96. The van der Waals surface area contributed by atoms with E-state index in [1.165, 1.54) is 0 Å². The Morgan fingerprint density at radius 1 is 1.09 bits per heavy atom. The van der Waals surface area contributed by atoms with Gasteiger partial charge in [0.1, 0.15) is 11.5 Å². The van der Waals surface area contributed by atoms with E-state index in [0.717, 1.165) is 23.5 Å². The quantitative estimate of drug-likeness (QED) is 0.622. The molecule has 0 saturated carbocycles. The average molecular weight is 350 g/mol. The number of ether oxygens (including phenoxy) is 2. The van der Waals surface area contributed by atoms with Crippen molar-refractivity contribution in [2.24, 2.45) is 0 Å². The lowest BCUT2D eigenvalue weighted by Gasteiger charge is -2.12. The number of nitrogens with zero attached hydrogens (tertiary/aromatic N) is 1. The molecule has 2 aromatic rings. The summed E-state index contributed by atoms with van der Waals surface area (Å²) in [6, 6.07) is 14.9. The standard InChI is InChI=1S/C18H17Cl2NO2/c1-22-15-5-7-16(8-6-15)23-10-2-3-13(12-21)17-9-4-14(19)11-18(17)20/h4-9,11,13H,2-3,10H2,1H3/t13-/m1/s1. The highest BCUT2D eigenvalue weighted by Crippen LogP contribution is 2.30. The third-order valence-electron chi connectivity index (χ3n) is 3.46. The fraction of sp³-hybridized carbons (Fsp3) is 0.278. The molecule has 0 fully saturated rings. The van der Waals surface area contributed by atoms with Gasteiger partial charge in [-0.25, -0.2) is 0 Å². The third kappa shape index (κ3) is 5.06. The maximum absolute atomic E-state index is 9.35. The van der Waals surface area contributed by atoms with Gasteiger partial charge in [0.2, 0.25) is 0 Å². The predicted molar refractivity (Wildman–Crippen MR) is 92.5 cm³/mol. The predicted octanol–water partition coefficient (Wildman–Crippen LogP) is 5.47. The molecule has 0 aromatic heterocycles. The first-order valence-corrected chi connectivity index (χ1v) is 8.01. The Labute approximate surface area is 146 Å². The Kier molecular flexibility index (Phi) is 6.58. The molecule has 2 rings (SSSR count). The van der Waals surface area contributed by atoms with Crippen molar-refractivity contribution in [3.05, 3.63) is 58.1 Å². The molecule has 2 aromatic carbocycles. The largest absolute Gasteiger partial charge is 0.497 e. The number of halogens is 2. The van der Waals surface area contributed by atoms with Gasteiger partial charge in [-0.15, -0.1) is 0 Å². The van der Waals surface area contributed by atoms with Crippen molar-refractivity contribution in [2.45, 2.75) is 18.8 Å². The summed E-state index contributed by atoms with van der Waals surface area (Å²) in [6.45, 7) is 0.537. The fourth-order valence-corrected chi connectivity index (χ4v) is 2.76. The van der Waals surface area contributed by atoms with Crippen molar-refractivity contribution in [1.82, 2.24) is 0 Å². The molecule has 0 heterocycles. The summed E-state index contributed by atoms with van der Waals surface area (Å²) in [4.78, 5) is 0. The second-order valence-corrected chi connectivity index (χ2v) is 5.86. The topological polar surface area (TPSA) is 42.2 Å². The van der Waals surface area contributed by atoms with Crippen molar-refractivity contribution < 1.29 is 9.47 Å². The molecule has 0 saturated heterocycles. The van der Waals surface area contributed by atoms with Gasteiger partial charge < -0.3 is 9.47 Å². The average Bonchev–Trinajstić information content (AvgIpc) is 2.56. The van der Waals surface area contributed by atoms with E-state index in [-0.39, 0.29) is 5.92 Å². The maximum atomic E-state index is 9.35. The molecule has 0 N–H and O–H groups in total. The lowest BCUT2D eigenvalue weighted by Crippen LogP contribution is -2.02. The van der Waals surface area contributed by atoms with Crippen LogP contribution in [0.5, 0.6) is 11.5 Å². The fourth-order valence-electron chi connectivity index (χ4n) is 2.22. The minimum Gasteiger partial charge on any atom is -0.497 e. The van der Waals surface area contributed by atoms with E-state index < -0.39 is 0 Å². The van der Waals surface area contributed by atoms with Gasteiger partial charge in [-0.05, 0) is 54.8 Å². The monoisotopic (exact) mass is 349 g/mol. The second kappa shape index (κ2) is 8.67. The van der Waals surface area contributed by atoms with Crippen LogP contribution in [0.3, 0.4) is 0 Å². The minimum absolute atomic E-state index is 0.265. The summed E-state index contributed by atoms with van der Waals surface area (Å²) in [5.41, 5.74) is 0.808. The Morgan fingerprint density at radius 3 is 2.39 bits per heavy atom. The van der Waals surface area contributed by atoms with Crippen LogP contribution in [0.25, 0.3) is 0 Å². The zero-order chi connectivity index (χ0) is 16.7. The summed E-state index contributed by atoms with van der Waals surface area (Å²) in [5, 5.41) is 10.4. The van der Waals surface area contributed by atoms with E-state index in [1.54, 1.807) is 19.2 Å². The van der Waals surface area contributed by atoms with Crippen LogP contribution in [0.4, 0.5) is 0 Å². The van der Waals surface area contributed by atoms with E-state index in [1.807, 2.05) is 30.3 Å². The van der Waals surface area contributed by atoms with E-state index in [4.69, 9.17) is 32.7 Å². The highest BCUT2D eigenvalue weighted by atomic mass is 35.5. The second-order valence-electron chi connectivity index (χ2n) is 5.01. The summed E-state index contributed by atoms with van der Waals surface area (Å²) in [6.07, 6.45) is 1.43. The van der Waals surface area contributed by atoms with Gasteiger partial charge in [-0.2, -0.15) is 5.26 Å². The molecule has 0 aliphatic rings. The number of hydrogen-bond acceptors (Lipinski definition) is 3. The Bertz CT molecular complexity index is 680. The molecule has 0 spiro atoms. The first kappa shape index (κ1) is 17.5. The third-order valence-corrected chi connectivity index (χ3v) is 4.02. The molecule has 0 unspecified atom stereocenters. The molecule has 0 bridgehead atoms. The molecular formula is C18H17Cl2NO2. The minimum atomic E-state index is -0.265. The summed E-state index contributed by atoms with van der Waals surface area (Å²) in [5.74, 6) is 1.31. The van der Waals surface area contributed by atoms with Crippen LogP contribution < -0.4 is 9.47 Å². The Morgan fingerprint density at radius 2 is 1.78 bits per heavy atom. The van der Waals surface area contributed by atoms with Crippen molar-refractivity contribution in [2.75, 3.05) is 13.7 Å². The van der Waals surface area contributed by atoms with Crippen LogP contribution in [0, 0.1) is 11.3 Å². The van der Waals surface area contributed by atoms with Crippen LogP contribution in [0.1, 0.15) is 24.3 Å². The van der Waals surface area contributed by atoms with Gasteiger partial charge >= 0.3 is 0 Å². The number of methoxy groups -OCH3 is 1. The van der Waals surface area contributed by atoms with E-state index in [9.17, 15) is 5.26 Å². The summed E-state index contributed by atoms with van der Waals surface area (Å²) >= 11 is 12.0. The molecule has 5 heteroatoms. The molecule has 23 heavy (non-hydrogen) atoms. The number of benzene rings is 2. The van der Waals surface area contributed by atoms with Crippen molar-refractivity contribution in [3.8, 4) is 17.6 Å². The molecule has 120 valence electrons. The molecule has 1 atom stereocenters. The lowest BCUT2D eigenvalue weighted by molar-refractivity contribution is 0.304. The van der Waals surface area contributed by atoms with Gasteiger partial charge in [0.05, 0.1) is 25.7 Å².